The smallest absolute Gasteiger partial charge is 0.392 e. The molecule has 0 aromatic rings. The number of amides is 1. The Bertz CT molecular complexity index is 363. The molecule has 2 N–H and O–H groups in total. The normalized spacial score (nSPS) is 19.2. The molecule has 0 atom stereocenters. The number of hydrogen-bond acceptors (Lipinski definition) is 2. The molecule has 0 spiro atoms. The van der Waals surface area contributed by atoms with Crippen LogP contribution >= 0.6 is 12.2 Å². The second-order valence-electron chi connectivity index (χ2n) is 5.30. The lowest BCUT2D eigenvalue weighted by Crippen LogP contribution is -2.52. The summed E-state index contributed by atoms with van der Waals surface area (Å²) in [5.74, 6) is -0.563. The summed E-state index contributed by atoms with van der Waals surface area (Å²) < 4.78 is 37.7. The van der Waals surface area contributed by atoms with E-state index in [1.165, 1.54) is 6.92 Å². The van der Waals surface area contributed by atoms with E-state index < -0.39 is 24.0 Å². The van der Waals surface area contributed by atoms with E-state index in [1.54, 1.807) is 0 Å². The summed E-state index contributed by atoms with van der Waals surface area (Å²) in [7, 11) is 0. The minimum absolute atomic E-state index is 0.00269. The molecule has 0 heterocycles. The van der Waals surface area contributed by atoms with Crippen LogP contribution in [0.25, 0.3) is 0 Å². The van der Waals surface area contributed by atoms with Gasteiger partial charge in [0.05, 0.1) is 10.4 Å². The standard InChI is InChI=1S/C13H21F3N2OS/c1-2-18(9-13(14,15)16)11(19)12(10(17)20)7-5-3-4-6-8-12/h2-9H2,1H3,(H2,17,20). The number of nitrogens with zero attached hydrogens (tertiary/aromatic N) is 1. The molecule has 1 amide bonds. The molecule has 1 rings (SSSR count). The number of carbonyl (C=O) groups is 1. The number of halogens is 3. The summed E-state index contributed by atoms with van der Waals surface area (Å²) in [6, 6.07) is 0. The van der Waals surface area contributed by atoms with Crippen molar-refractivity contribution in [2.24, 2.45) is 11.1 Å². The van der Waals surface area contributed by atoms with Crippen molar-refractivity contribution in [2.75, 3.05) is 13.1 Å². The second-order valence-corrected chi connectivity index (χ2v) is 5.73. The van der Waals surface area contributed by atoms with Crippen molar-refractivity contribution in [3.8, 4) is 0 Å². The van der Waals surface area contributed by atoms with Gasteiger partial charge in [0.2, 0.25) is 5.91 Å². The fourth-order valence-corrected chi connectivity index (χ4v) is 3.04. The van der Waals surface area contributed by atoms with Crippen LogP contribution in [0.2, 0.25) is 0 Å². The highest BCUT2D eigenvalue weighted by Crippen LogP contribution is 2.38. The van der Waals surface area contributed by atoms with Gasteiger partial charge >= 0.3 is 6.18 Å². The van der Waals surface area contributed by atoms with E-state index in [1.807, 2.05) is 0 Å². The van der Waals surface area contributed by atoms with Crippen LogP contribution in [0.1, 0.15) is 45.4 Å². The van der Waals surface area contributed by atoms with Crippen molar-refractivity contribution in [3.05, 3.63) is 0 Å². The number of alkyl halides is 3. The van der Waals surface area contributed by atoms with Gasteiger partial charge in [-0.3, -0.25) is 4.79 Å². The molecule has 0 aliphatic heterocycles. The molecule has 0 aromatic carbocycles. The van der Waals surface area contributed by atoms with E-state index in [9.17, 15) is 18.0 Å². The number of carbonyl (C=O) groups excluding carboxylic acids is 1. The lowest BCUT2D eigenvalue weighted by molar-refractivity contribution is -0.165. The van der Waals surface area contributed by atoms with Crippen LogP contribution in [0.5, 0.6) is 0 Å². The first kappa shape index (κ1) is 17.2. The van der Waals surface area contributed by atoms with Crippen LogP contribution in [0.4, 0.5) is 13.2 Å². The Kier molecular flexibility index (Phi) is 5.79. The van der Waals surface area contributed by atoms with E-state index in [4.69, 9.17) is 18.0 Å². The molecule has 1 aliphatic rings. The minimum atomic E-state index is -4.41. The Morgan fingerprint density at radius 2 is 1.75 bits per heavy atom. The molecule has 0 unspecified atom stereocenters. The largest absolute Gasteiger partial charge is 0.406 e. The van der Waals surface area contributed by atoms with E-state index in [0.717, 1.165) is 30.6 Å². The first-order valence-electron chi connectivity index (χ1n) is 6.89. The quantitative estimate of drug-likeness (QED) is 0.641. The molecule has 20 heavy (non-hydrogen) atoms. The third kappa shape index (κ3) is 4.07. The van der Waals surface area contributed by atoms with Crippen LogP contribution in [0.3, 0.4) is 0 Å². The zero-order valence-corrected chi connectivity index (χ0v) is 12.4. The molecular formula is C13H21F3N2OS. The topological polar surface area (TPSA) is 46.3 Å². The van der Waals surface area contributed by atoms with Gasteiger partial charge in [0.25, 0.3) is 0 Å². The maximum absolute atomic E-state index is 12.6. The van der Waals surface area contributed by atoms with Crippen molar-refractivity contribution in [1.29, 1.82) is 0 Å². The number of thiocarbonyl (C=S) groups is 1. The van der Waals surface area contributed by atoms with Crippen molar-refractivity contribution >= 4 is 23.1 Å². The molecule has 0 aromatic heterocycles. The molecule has 116 valence electrons. The average molecular weight is 310 g/mol. The number of rotatable bonds is 4. The van der Waals surface area contributed by atoms with E-state index in [2.05, 4.69) is 0 Å². The van der Waals surface area contributed by atoms with Gasteiger partial charge in [-0.15, -0.1) is 0 Å². The first-order valence-corrected chi connectivity index (χ1v) is 7.30. The Labute approximate surface area is 122 Å². The molecule has 0 bridgehead atoms. The van der Waals surface area contributed by atoms with Gasteiger partial charge in [-0.05, 0) is 19.8 Å². The Balaban J connectivity index is 3.00. The lowest BCUT2D eigenvalue weighted by Gasteiger charge is -2.36. The summed E-state index contributed by atoms with van der Waals surface area (Å²) in [6.45, 7) is 0.295. The third-order valence-corrected chi connectivity index (χ3v) is 4.27. The average Bonchev–Trinajstić information content (AvgIpc) is 2.60. The van der Waals surface area contributed by atoms with Crippen LogP contribution in [0.15, 0.2) is 0 Å². The second kappa shape index (κ2) is 6.74. The summed E-state index contributed by atoms with van der Waals surface area (Å²) >= 11 is 5.02. The molecular weight excluding hydrogens is 289 g/mol. The van der Waals surface area contributed by atoms with Crippen molar-refractivity contribution in [1.82, 2.24) is 4.90 Å². The zero-order valence-electron chi connectivity index (χ0n) is 11.6. The van der Waals surface area contributed by atoms with Crippen LogP contribution < -0.4 is 5.73 Å². The molecule has 3 nitrogen and oxygen atoms in total. The van der Waals surface area contributed by atoms with Gasteiger partial charge in [0.15, 0.2) is 0 Å². The maximum Gasteiger partial charge on any atom is 0.406 e. The van der Waals surface area contributed by atoms with Crippen molar-refractivity contribution in [3.63, 3.8) is 0 Å². The van der Waals surface area contributed by atoms with Gasteiger partial charge in [0, 0.05) is 6.54 Å². The predicted molar refractivity (Wildman–Crippen MR) is 75.2 cm³/mol. The van der Waals surface area contributed by atoms with Gasteiger partial charge in [-0.2, -0.15) is 13.2 Å². The monoisotopic (exact) mass is 310 g/mol. The Morgan fingerprint density at radius 3 is 2.10 bits per heavy atom. The fraction of sp³-hybridized carbons (Fsp3) is 0.846. The summed E-state index contributed by atoms with van der Waals surface area (Å²) in [5, 5.41) is 0. The zero-order chi connectivity index (χ0) is 15.4. The van der Waals surface area contributed by atoms with Crippen LogP contribution in [-0.4, -0.2) is 35.1 Å². The maximum atomic E-state index is 12.6. The first-order chi connectivity index (χ1) is 9.23. The summed E-state index contributed by atoms with van der Waals surface area (Å²) in [4.78, 5) is 13.4. The van der Waals surface area contributed by atoms with E-state index in [-0.39, 0.29) is 11.5 Å². The highest BCUT2D eigenvalue weighted by molar-refractivity contribution is 7.80. The van der Waals surface area contributed by atoms with Crippen LogP contribution in [0, 0.1) is 5.41 Å². The predicted octanol–water partition coefficient (Wildman–Crippen LogP) is 3.02. The Hall–Kier alpha value is -0.850. The highest BCUT2D eigenvalue weighted by Gasteiger charge is 2.45. The molecule has 7 heteroatoms. The van der Waals surface area contributed by atoms with Gasteiger partial charge < -0.3 is 10.6 Å². The molecule has 1 fully saturated rings. The highest BCUT2D eigenvalue weighted by atomic mass is 32.1. The SMILES string of the molecule is CCN(CC(F)(F)F)C(=O)C1(C(N)=S)CCCCCC1. The lowest BCUT2D eigenvalue weighted by atomic mass is 9.78. The fourth-order valence-electron chi connectivity index (χ4n) is 2.74. The summed E-state index contributed by atoms with van der Waals surface area (Å²) in [6.07, 6.45) is -0.0375. The Morgan fingerprint density at radius 1 is 1.25 bits per heavy atom. The van der Waals surface area contributed by atoms with Crippen LogP contribution in [-0.2, 0) is 4.79 Å². The van der Waals surface area contributed by atoms with Gasteiger partial charge in [-0.1, -0.05) is 37.9 Å². The third-order valence-electron chi connectivity index (χ3n) is 3.88. The number of nitrogens with two attached hydrogens (primary N) is 1. The molecule has 1 saturated carbocycles. The number of hydrogen-bond donors (Lipinski definition) is 1. The van der Waals surface area contributed by atoms with Gasteiger partial charge in [-0.25, -0.2) is 0 Å². The van der Waals surface area contributed by atoms with E-state index in [0.29, 0.717) is 12.8 Å². The van der Waals surface area contributed by atoms with E-state index >= 15 is 0 Å². The minimum Gasteiger partial charge on any atom is -0.392 e. The molecule has 0 saturated heterocycles. The van der Waals surface area contributed by atoms with Crippen molar-refractivity contribution in [2.45, 2.75) is 51.6 Å². The van der Waals surface area contributed by atoms with Gasteiger partial charge in [0.1, 0.15) is 6.54 Å². The van der Waals surface area contributed by atoms with Crippen molar-refractivity contribution < 1.29 is 18.0 Å². The molecule has 1 aliphatic carbocycles. The molecule has 0 radical (unpaired) electrons. The summed E-state index contributed by atoms with van der Waals surface area (Å²) in [5.41, 5.74) is 4.64.